The van der Waals surface area contributed by atoms with E-state index in [0.29, 0.717) is 24.4 Å². The maximum atomic E-state index is 12.9. The number of urea groups is 1. The number of benzene rings is 1. The van der Waals surface area contributed by atoms with Gasteiger partial charge in [-0.25, -0.2) is 4.79 Å². The SMILES string of the molecule is O=C1NC2=C(C(=O)N(Cc3cccs3)C2)C(c2ccc(O)cc2)N1. The largest absolute Gasteiger partial charge is 0.508 e. The summed E-state index contributed by atoms with van der Waals surface area (Å²) in [5, 5.41) is 17.0. The Bertz CT molecular complexity index is 827. The van der Waals surface area contributed by atoms with Gasteiger partial charge in [-0.2, -0.15) is 0 Å². The van der Waals surface area contributed by atoms with E-state index in [-0.39, 0.29) is 17.7 Å². The molecule has 0 fully saturated rings. The van der Waals surface area contributed by atoms with Crippen molar-refractivity contribution in [1.29, 1.82) is 0 Å². The Morgan fingerprint density at radius 2 is 2.00 bits per heavy atom. The van der Waals surface area contributed by atoms with Crippen molar-refractivity contribution in [3.05, 3.63) is 63.5 Å². The Morgan fingerprint density at radius 1 is 1.21 bits per heavy atom. The van der Waals surface area contributed by atoms with E-state index in [4.69, 9.17) is 0 Å². The van der Waals surface area contributed by atoms with Gasteiger partial charge < -0.3 is 20.6 Å². The van der Waals surface area contributed by atoms with Crippen molar-refractivity contribution in [2.75, 3.05) is 6.54 Å². The average Bonchev–Trinajstić information content (AvgIpc) is 3.17. The second-order valence-corrected chi connectivity index (χ2v) is 6.79. The van der Waals surface area contributed by atoms with E-state index in [9.17, 15) is 14.7 Å². The van der Waals surface area contributed by atoms with E-state index < -0.39 is 6.04 Å². The summed E-state index contributed by atoms with van der Waals surface area (Å²) >= 11 is 1.60. The molecule has 3 amide bonds. The zero-order valence-corrected chi connectivity index (χ0v) is 13.5. The molecular weight excluding hydrogens is 326 g/mol. The predicted octanol–water partition coefficient (Wildman–Crippen LogP) is 2.10. The molecule has 7 heteroatoms. The number of nitrogens with zero attached hydrogens (tertiary/aromatic N) is 1. The molecule has 0 saturated carbocycles. The van der Waals surface area contributed by atoms with E-state index in [1.165, 1.54) is 0 Å². The smallest absolute Gasteiger partial charge is 0.319 e. The van der Waals surface area contributed by atoms with Crippen LogP contribution in [0.25, 0.3) is 0 Å². The molecule has 1 atom stereocenters. The van der Waals surface area contributed by atoms with Crippen molar-refractivity contribution >= 4 is 23.3 Å². The zero-order chi connectivity index (χ0) is 16.7. The van der Waals surface area contributed by atoms with Crippen molar-refractivity contribution < 1.29 is 14.7 Å². The summed E-state index contributed by atoms with van der Waals surface area (Å²) in [4.78, 5) is 27.6. The summed E-state index contributed by atoms with van der Waals surface area (Å²) in [5.41, 5.74) is 1.98. The topological polar surface area (TPSA) is 81.7 Å². The van der Waals surface area contributed by atoms with Gasteiger partial charge in [0, 0.05) is 4.88 Å². The summed E-state index contributed by atoms with van der Waals surface area (Å²) in [7, 11) is 0. The van der Waals surface area contributed by atoms with Crippen molar-refractivity contribution in [3.8, 4) is 5.75 Å². The Hall–Kier alpha value is -2.80. The molecule has 24 heavy (non-hydrogen) atoms. The fraction of sp³-hybridized carbons (Fsp3) is 0.176. The summed E-state index contributed by atoms with van der Waals surface area (Å²) < 4.78 is 0. The third-order valence-electron chi connectivity index (χ3n) is 4.17. The molecule has 4 rings (SSSR count). The molecule has 2 aromatic rings. The number of carbonyl (C=O) groups is 2. The van der Waals surface area contributed by atoms with Crippen molar-refractivity contribution in [2.45, 2.75) is 12.6 Å². The standard InChI is InChI=1S/C17H15N3O3S/c21-11-5-3-10(4-6-11)15-14-13(18-17(23)19-15)9-20(16(14)22)8-12-2-1-7-24-12/h1-7,15,21H,8-9H2,(H2,18,19,23). The summed E-state index contributed by atoms with van der Waals surface area (Å²) in [5.74, 6) is 0.0641. The van der Waals surface area contributed by atoms with Crippen LogP contribution in [0.4, 0.5) is 4.79 Å². The van der Waals surface area contributed by atoms with Gasteiger partial charge in [0.15, 0.2) is 0 Å². The highest BCUT2D eigenvalue weighted by Crippen LogP contribution is 2.33. The predicted molar refractivity (Wildman–Crippen MR) is 89.3 cm³/mol. The van der Waals surface area contributed by atoms with Crippen LogP contribution in [0.1, 0.15) is 16.5 Å². The third-order valence-corrected chi connectivity index (χ3v) is 5.03. The van der Waals surface area contributed by atoms with Crippen molar-refractivity contribution in [1.82, 2.24) is 15.5 Å². The van der Waals surface area contributed by atoms with E-state index in [0.717, 1.165) is 10.4 Å². The number of aromatic hydroxyl groups is 1. The average molecular weight is 341 g/mol. The molecule has 3 heterocycles. The fourth-order valence-electron chi connectivity index (χ4n) is 3.06. The first-order chi connectivity index (χ1) is 11.6. The van der Waals surface area contributed by atoms with Gasteiger partial charge in [-0.1, -0.05) is 18.2 Å². The lowest BCUT2D eigenvalue weighted by atomic mass is 9.96. The summed E-state index contributed by atoms with van der Waals surface area (Å²) in [6, 6.07) is 9.64. The van der Waals surface area contributed by atoms with E-state index in [2.05, 4.69) is 10.6 Å². The summed E-state index contributed by atoms with van der Waals surface area (Å²) in [6.45, 7) is 0.926. The summed E-state index contributed by atoms with van der Waals surface area (Å²) in [6.07, 6.45) is 0. The molecule has 2 aliphatic rings. The maximum absolute atomic E-state index is 12.9. The van der Waals surface area contributed by atoms with Crippen molar-refractivity contribution in [2.24, 2.45) is 0 Å². The third kappa shape index (κ3) is 2.52. The van der Waals surface area contributed by atoms with E-state index in [1.807, 2.05) is 17.5 Å². The minimum absolute atomic E-state index is 0.0797. The number of carbonyl (C=O) groups excluding carboxylic acids is 2. The number of nitrogens with one attached hydrogen (secondary N) is 2. The highest BCUT2D eigenvalue weighted by Gasteiger charge is 2.40. The van der Waals surface area contributed by atoms with Crippen LogP contribution in [0.5, 0.6) is 5.75 Å². The van der Waals surface area contributed by atoms with Crippen molar-refractivity contribution in [3.63, 3.8) is 0 Å². The number of thiophene rings is 1. The van der Waals surface area contributed by atoms with Crippen LogP contribution >= 0.6 is 11.3 Å². The van der Waals surface area contributed by atoms with Gasteiger partial charge in [-0.15, -0.1) is 11.3 Å². The molecule has 0 aliphatic carbocycles. The molecule has 3 N–H and O–H groups in total. The minimum atomic E-state index is -0.504. The number of hydrogen-bond donors (Lipinski definition) is 3. The first kappa shape index (κ1) is 14.8. The molecule has 6 nitrogen and oxygen atoms in total. The Kier molecular flexibility index (Phi) is 3.50. The lowest BCUT2D eigenvalue weighted by Crippen LogP contribution is -2.44. The van der Waals surface area contributed by atoms with Gasteiger partial charge in [-0.05, 0) is 29.1 Å². The maximum Gasteiger partial charge on any atom is 0.319 e. The second-order valence-electron chi connectivity index (χ2n) is 5.76. The fourth-order valence-corrected chi connectivity index (χ4v) is 3.78. The molecule has 0 saturated heterocycles. The molecule has 122 valence electrons. The Balaban J connectivity index is 1.64. The number of phenols is 1. The number of hydrogen-bond acceptors (Lipinski definition) is 4. The Labute approximate surface area is 142 Å². The van der Waals surface area contributed by atoms with Gasteiger partial charge in [0.25, 0.3) is 5.91 Å². The van der Waals surface area contributed by atoms with Crippen LogP contribution in [0.2, 0.25) is 0 Å². The van der Waals surface area contributed by atoms with E-state index >= 15 is 0 Å². The molecule has 2 aliphatic heterocycles. The first-order valence-corrected chi connectivity index (χ1v) is 8.41. The van der Waals surface area contributed by atoms with Crippen LogP contribution in [-0.2, 0) is 11.3 Å². The number of phenolic OH excluding ortho intramolecular Hbond substituents is 1. The lowest BCUT2D eigenvalue weighted by molar-refractivity contribution is -0.126. The van der Waals surface area contributed by atoms with Gasteiger partial charge in [0.05, 0.1) is 30.4 Å². The molecule has 1 aromatic carbocycles. The van der Waals surface area contributed by atoms with Crippen LogP contribution in [0, 0.1) is 0 Å². The lowest BCUT2D eigenvalue weighted by Gasteiger charge is -2.25. The van der Waals surface area contributed by atoms with Gasteiger partial charge in [0.1, 0.15) is 5.75 Å². The van der Waals surface area contributed by atoms with Crippen LogP contribution < -0.4 is 10.6 Å². The minimum Gasteiger partial charge on any atom is -0.508 e. The molecule has 1 unspecified atom stereocenters. The number of amides is 3. The van der Waals surface area contributed by atoms with Crippen LogP contribution in [0.3, 0.4) is 0 Å². The van der Waals surface area contributed by atoms with Crippen LogP contribution in [0.15, 0.2) is 53.0 Å². The zero-order valence-electron chi connectivity index (χ0n) is 12.7. The highest BCUT2D eigenvalue weighted by molar-refractivity contribution is 7.09. The molecule has 0 spiro atoms. The highest BCUT2D eigenvalue weighted by atomic mass is 32.1. The molecular formula is C17H15N3O3S. The van der Waals surface area contributed by atoms with Crippen LogP contribution in [-0.4, -0.2) is 28.5 Å². The van der Waals surface area contributed by atoms with Gasteiger partial charge in [0.2, 0.25) is 0 Å². The Morgan fingerprint density at radius 3 is 2.71 bits per heavy atom. The normalized spacial score (nSPS) is 20.0. The monoisotopic (exact) mass is 341 g/mol. The number of rotatable bonds is 3. The molecule has 0 radical (unpaired) electrons. The second kappa shape index (κ2) is 5.68. The van der Waals surface area contributed by atoms with Gasteiger partial charge in [-0.3, -0.25) is 4.79 Å². The molecule has 0 bridgehead atoms. The quantitative estimate of drug-likeness (QED) is 0.800. The molecule has 1 aromatic heterocycles. The van der Waals surface area contributed by atoms with E-state index in [1.54, 1.807) is 40.5 Å². The first-order valence-electron chi connectivity index (χ1n) is 7.53. The van der Waals surface area contributed by atoms with Gasteiger partial charge >= 0.3 is 6.03 Å².